The minimum atomic E-state index is 0.156. The molecule has 2 aliphatic rings. The molecule has 1 saturated heterocycles. The summed E-state index contributed by atoms with van der Waals surface area (Å²) in [6.45, 7) is 5.59. The van der Waals surface area contributed by atoms with E-state index in [1.165, 1.54) is 32.4 Å². The first-order chi connectivity index (χ1) is 9.70. The zero-order valence-electron chi connectivity index (χ0n) is 12.1. The monoisotopic (exact) mass is 293 g/mol. The third-order valence-corrected chi connectivity index (χ3v) is 5.33. The molecule has 0 radical (unpaired) electrons. The van der Waals surface area contributed by atoms with Gasteiger partial charge in [-0.3, -0.25) is 9.69 Å². The second kappa shape index (κ2) is 6.22. The number of carbonyl (C=O) groups excluding carboxylic acids is 1. The van der Waals surface area contributed by atoms with Crippen molar-refractivity contribution in [1.82, 2.24) is 9.88 Å². The lowest BCUT2D eigenvalue weighted by Gasteiger charge is -2.29. The molecule has 0 spiro atoms. The van der Waals surface area contributed by atoms with Crippen molar-refractivity contribution in [3.05, 3.63) is 11.1 Å². The van der Waals surface area contributed by atoms with Crippen LogP contribution >= 0.6 is 11.3 Å². The molecule has 4 nitrogen and oxygen atoms in total. The number of carbonyl (C=O) groups is 1. The number of piperidine rings is 1. The highest BCUT2D eigenvalue weighted by Crippen LogP contribution is 2.28. The quantitative estimate of drug-likeness (QED) is 0.927. The van der Waals surface area contributed by atoms with E-state index in [1.54, 1.807) is 11.3 Å². The molecule has 1 amide bonds. The molecule has 110 valence electrons. The average molecular weight is 293 g/mol. The molecule has 1 aliphatic carbocycles. The lowest BCUT2D eigenvalue weighted by atomic mass is 9.85. The number of thiazole rings is 1. The molecule has 0 aromatic carbocycles. The van der Waals surface area contributed by atoms with Crippen LogP contribution in [0.5, 0.6) is 0 Å². The van der Waals surface area contributed by atoms with Crippen LogP contribution in [0.25, 0.3) is 0 Å². The molecular weight excluding hydrogens is 270 g/mol. The summed E-state index contributed by atoms with van der Waals surface area (Å²) in [5.74, 6) is 1.24. The Hall–Kier alpha value is -0.940. The average Bonchev–Trinajstić information content (AvgIpc) is 2.77. The Morgan fingerprint density at radius 2 is 2.15 bits per heavy atom. The molecule has 0 unspecified atom stereocenters. The molecule has 1 saturated carbocycles. The van der Waals surface area contributed by atoms with Crippen molar-refractivity contribution in [1.29, 1.82) is 0 Å². The highest BCUT2D eigenvalue weighted by molar-refractivity contribution is 7.13. The lowest BCUT2D eigenvalue weighted by Crippen LogP contribution is -2.32. The van der Waals surface area contributed by atoms with Gasteiger partial charge < -0.3 is 5.32 Å². The molecule has 5 heteroatoms. The van der Waals surface area contributed by atoms with Gasteiger partial charge in [0.05, 0.1) is 5.69 Å². The van der Waals surface area contributed by atoms with Crippen molar-refractivity contribution in [2.24, 2.45) is 11.8 Å². The summed E-state index contributed by atoms with van der Waals surface area (Å²) in [5, 5.41) is 5.80. The molecule has 1 aliphatic heterocycles. The summed E-state index contributed by atoms with van der Waals surface area (Å²) in [4.78, 5) is 18.9. The third kappa shape index (κ3) is 3.38. The van der Waals surface area contributed by atoms with Crippen molar-refractivity contribution in [2.75, 3.05) is 18.4 Å². The number of hydrogen-bond acceptors (Lipinski definition) is 4. The van der Waals surface area contributed by atoms with Crippen LogP contribution in [-0.2, 0) is 11.3 Å². The molecule has 3 rings (SSSR count). The van der Waals surface area contributed by atoms with E-state index < -0.39 is 0 Å². The smallest absolute Gasteiger partial charge is 0.229 e. The van der Waals surface area contributed by atoms with Crippen molar-refractivity contribution in [3.63, 3.8) is 0 Å². The van der Waals surface area contributed by atoms with E-state index in [4.69, 9.17) is 0 Å². The Balaban J connectivity index is 1.50. The van der Waals surface area contributed by atoms with E-state index >= 15 is 0 Å². The fourth-order valence-electron chi connectivity index (χ4n) is 2.76. The van der Waals surface area contributed by atoms with Gasteiger partial charge in [-0.2, -0.15) is 0 Å². The number of aromatic nitrogens is 1. The van der Waals surface area contributed by atoms with Crippen LogP contribution < -0.4 is 5.32 Å². The molecular formula is C15H23N3OS. The van der Waals surface area contributed by atoms with Crippen LogP contribution in [0.4, 0.5) is 5.13 Å². The predicted molar refractivity (Wildman–Crippen MR) is 81.8 cm³/mol. The fraction of sp³-hybridized carbons (Fsp3) is 0.733. The number of amides is 1. The molecule has 0 atom stereocenters. The van der Waals surface area contributed by atoms with Crippen molar-refractivity contribution < 1.29 is 4.79 Å². The van der Waals surface area contributed by atoms with Gasteiger partial charge in [-0.15, -0.1) is 11.3 Å². The van der Waals surface area contributed by atoms with E-state index in [9.17, 15) is 4.79 Å². The first-order valence-electron chi connectivity index (χ1n) is 7.68. The summed E-state index contributed by atoms with van der Waals surface area (Å²) < 4.78 is 0. The van der Waals surface area contributed by atoms with E-state index in [2.05, 4.69) is 27.5 Å². The number of hydrogen-bond donors (Lipinski definition) is 1. The number of anilines is 1. The minimum Gasteiger partial charge on any atom is -0.302 e. The molecule has 1 aromatic rings. The van der Waals surface area contributed by atoms with Crippen LogP contribution in [-0.4, -0.2) is 28.9 Å². The zero-order valence-corrected chi connectivity index (χ0v) is 12.9. The van der Waals surface area contributed by atoms with Crippen LogP contribution in [0.2, 0.25) is 0 Å². The number of likely N-dealkylation sites (tertiary alicyclic amines) is 1. The topological polar surface area (TPSA) is 45.2 Å². The third-order valence-electron chi connectivity index (χ3n) is 4.52. The Morgan fingerprint density at radius 1 is 1.40 bits per heavy atom. The van der Waals surface area contributed by atoms with Gasteiger partial charge >= 0.3 is 0 Å². The number of rotatable bonds is 4. The molecule has 1 aromatic heterocycles. The van der Waals surface area contributed by atoms with E-state index in [0.29, 0.717) is 0 Å². The minimum absolute atomic E-state index is 0.156. The Kier molecular flexibility index (Phi) is 4.36. The van der Waals surface area contributed by atoms with Gasteiger partial charge in [-0.25, -0.2) is 4.98 Å². The SMILES string of the molecule is CC1CCN(Cc2csc(NC(=O)C3CCC3)n2)CC1. The van der Waals surface area contributed by atoms with Gasteiger partial charge in [-0.1, -0.05) is 13.3 Å². The maximum atomic E-state index is 11.9. The highest BCUT2D eigenvalue weighted by atomic mass is 32.1. The molecule has 2 fully saturated rings. The summed E-state index contributed by atoms with van der Waals surface area (Å²) in [6.07, 6.45) is 5.84. The zero-order chi connectivity index (χ0) is 13.9. The van der Waals surface area contributed by atoms with Gasteiger partial charge in [0.1, 0.15) is 0 Å². The second-order valence-corrected chi connectivity index (χ2v) is 7.08. The normalized spacial score (nSPS) is 21.6. The van der Waals surface area contributed by atoms with Crippen LogP contribution in [0.15, 0.2) is 5.38 Å². The van der Waals surface area contributed by atoms with E-state index in [1.807, 2.05) is 0 Å². The fourth-order valence-corrected chi connectivity index (χ4v) is 3.47. The van der Waals surface area contributed by atoms with Gasteiger partial charge in [0, 0.05) is 17.8 Å². The molecule has 1 N–H and O–H groups in total. The van der Waals surface area contributed by atoms with Crippen LogP contribution in [0.3, 0.4) is 0 Å². The molecule has 20 heavy (non-hydrogen) atoms. The maximum absolute atomic E-state index is 11.9. The maximum Gasteiger partial charge on any atom is 0.229 e. The summed E-state index contributed by atoms with van der Waals surface area (Å²) in [7, 11) is 0. The van der Waals surface area contributed by atoms with Crippen LogP contribution in [0, 0.1) is 11.8 Å². The first kappa shape index (κ1) is 14.0. The largest absolute Gasteiger partial charge is 0.302 e. The molecule has 2 heterocycles. The summed E-state index contributed by atoms with van der Waals surface area (Å²) in [5.41, 5.74) is 1.09. The van der Waals surface area contributed by atoms with E-state index in [-0.39, 0.29) is 11.8 Å². The standard InChI is InChI=1S/C15H23N3OS/c1-11-5-7-18(8-6-11)9-13-10-20-15(16-13)17-14(19)12-3-2-4-12/h10-12H,2-9H2,1H3,(H,16,17,19). The Bertz CT molecular complexity index is 461. The second-order valence-electron chi connectivity index (χ2n) is 6.22. The van der Waals surface area contributed by atoms with E-state index in [0.717, 1.165) is 36.1 Å². The van der Waals surface area contributed by atoms with Crippen molar-refractivity contribution >= 4 is 22.4 Å². The van der Waals surface area contributed by atoms with Gasteiger partial charge in [-0.05, 0) is 44.7 Å². The molecule has 0 bridgehead atoms. The Morgan fingerprint density at radius 3 is 2.80 bits per heavy atom. The summed E-state index contributed by atoms with van der Waals surface area (Å²) >= 11 is 1.55. The van der Waals surface area contributed by atoms with Crippen molar-refractivity contribution in [2.45, 2.75) is 45.6 Å². The summed E-state index contributed by atoms with van der Waals surface area (Å²) in [6, 6.07) is 0. The van der Waals surface area contributed by atoms with Gasteiger partial charge in [0.2, 0.25) is 5.91 Å². The number of nitrogens with zero attached hydrogens (tertiary/aromatic N) is 2. The lowest BCUT2D eigenvalue weighted by molar-refractivity contribution is -0.122. The van der Waals surface area contributed by atoms with Crippen LogP contribution in [0.1, 0.15) is 44.7 Å². The predicted octanol–water partition coefficient (Wildman–Crippen LogP) is 3.11. The number of nitrogens with one attached hydrogen (secondary N) is 1. The van der Waals surface area contributed by atoms with Gasteiger partial charge in [0.25, 0.3) is 0 Å². The van der Waals surface area contributed by atoms with Gasteiger partial charge in [0.15, 0.2) is 5.13 Å². The Labute approximate surface area is 124 Å². The highest BCUT2D eigenvalue weighted by Gasteiger charge is 2.25. The van der Waals surface area contributed by atoms with Crippen molar-refractivity contribution in [3.8, 4) is 0 Å². The first-order valence-corrected chi connectivity index (χ1v) is 8.56.